The third-order valence-corrected chi connectivity index (χ3v) is 2.96. The highest BCUT2D eigenvalue weighted by Gasteiger charge is 2.26. The molecule has 90 valence electrons. The van der Waals surface area contributed by atoms with Crippen LogP contribution in [-0.2, 0) is 11.3 Å². The second-order valence-electron chi connectivity index (χ2n) is 4.59. The van der Waals surface area contributed by atoms with E-state index in [1.807, 2.05) is 13.0 Å². The van der Waals surface area contributed by atoms with Gasteiger partial charge in [0.05, 0.1) is 5.56 Å². The number of hydrogen-bond donors (Lipinski definition) is 1. The van der Waals surface area contributed by atoms with Crippen molar-refractivity contribution < 1.29 is 14.7 Å². The number of hydrogen-bond acceptors (Lipinski definition) is 2. The molecule has 1 aromatic carbocycles. The molecule has 0 aliphatic carbocycles. The molecule has 4 nitrogen and oxygen atoms in total. The molecule has 4 heteroatoms. The molecule has 0 aromatic heterocycles. The third-order valence-electron chi connectivity index (χ3n) is 2.96. The fraction of sp³-hybridized carbons (Fsp3) is 0.385. The number of benzene rings is 1. The molecule has 0 saturated carbocycles. The Hall–Kier alpha value is -1.84. The van der Waals surface area contributed by atoms with Crippen LogP contribution >= 0.6 is 0 Å². The normalized spacial score (nSPS) is 19.7. The van der Waals surface area contributed by atoms with Gasteiger partial charge >= 0.3 is 5.97 Å². The molecule has 0 bridgehead atoms. The van der Waals surface area contributed by atoms with Crippen LogP contribution in [0.5, 0.6) is 0 Å². The number of nitrogens with zero attached hydrogens (tertiary/aromatic N) is 1. The van der Waals surface area contributed by atoms with E-state index in [1.54, 1.807) is 23.1 Å². The molecule has 0 radical (unpaired) electrons. The van der Waals surface area contributed by atoms with Crippen LogP contribution in [0.2, 0.25) is 0 Å². The van der Waals surface area contributed by atoms with Gasteiger partial charge in [0.1, 0.15) is 0 Å². The molecule has 1 atom stereocenters. The van der Waals surface area contributed by atoms with E-state index in [4.69, 9.17) is 5.11 Å². The lowest BCUT2D eigenvalue weighted by Crippen LogP contribution is -2.24. The van der Waals surface area contributed by atoms with Crippen LogP contribution in [0.1, 0.15) is 29.3 Å². The summed E-state index contributed by atoms with van der Waals surface area (Å²) >= 11 is 0. The second-order valence-corrected chi connectivity index (χ2v) is 4.59. The van der Waals surface area contributed by atoms with Gasteiger partial charge in [-0.3, -0.25) is 4.79 Å². The van der Waals surface area contributed by atoms with E-state index < -0.39 is 5.97 Å². The first-order valence-electron chi connectivity index (χ1n) is 5.66. The number of carboxylic acid groups (broad SMARTS) is 1. The maximum absolute atomic E-state index is 11.6. The predicted octanol–water partition coefficient (Wildman–Crippen LogP) is 1.75. The Morgan fingerprint density at radius 1 is 1.53 bits per heavy atom. The summed E-state index contributed by atoms with van der Waals surface area (Å²) in [6, 6.07) is 6.74. The van der Waals surface area contributed by atoms with E-state index in [0.717, 1.165) is 12.1 Å². The Balaban J connectivity index is 2.11. The molecule has 1 N–H and O–H groups in total. The van der Waals surface area contributed by atoms with E-state index in [0.29, 0.717) is 18.9 Å². The van der Waals surface area contributed by atoms with Gasteiger partial charge in [-0.25, -0.2) is 4.79 Å². The van der Waals surface area contributed by atoms with Crippen LogP contribution in [0.15, 0.2) is 24.3 Å². The zero-order valence-corrected chi connectivity index (χ0v) is 9.72. The molecule has 1 heterocycles. The largest absolute Gasteiger partial charge is 0.478 e. The highest BCUT2D eigenvalue weighted by atomic mass is 16.4. The van der Waals surface area contributed by atoms with Crippen molar-refractivity contribution in [1.29, 1.82) is 0 Å². The molecular weight excluding hydrogens is 218 g/mol. The minimum atomic E-state index is -0.937. The number of carbonyl (C=O) groups is 2. The third kappa shape index (κ3) is 2.64. The van der Waals surface area contributed by atoms with E-state index in [-0.39, 0.29) is 11.5 Å². The lowest BCUT2D eigenvalue weighted by molar-refractivity contribution is -0.128. The zero-order valence-electron chi connectivity index (χ0n) is 9.72. The van der Waals surface area contributed by atoms with E-state index in [2.05, 4.69) is 0 Å². The van der Waals surface area contributed by atoms with Gasteiger partial charge in [-0.2, -0.15) is 0 Å². The minimum Gasteiger partial charge on any atom is -0.478 e. The van der Waals surface area contributed by atoms with Gasteiger partial charge in [0.15, 0.2) is 0 Å². The highest BCUT2D eigenvalue weighted by molar-refractivity contribution is 5.87. The summed E-state index contributed by atoms with van der Waals surface area (Å²) in [5.74, 6) is -0.392. The highest BCUT2D eigenvalue weighted by Crippen LogP contribution is 2.19. The fourth-order valence-corrected chi connectivity index (χ4v) is 2.15. The Morgan fingerprint density at radius 3 is 2.88 bits per heavy atom. The van der Waals surface area contributed by atoms with Gasteiger partial charge in [0.2, 0.25) is 5.91 Å². The molecule has 1 aliphatic heterocycles. The molecular formula is C13H15NO3. The molecule has 1 saturated heterocycles. The average molecular weight is 233 g/mol. The summed E-state index contributed by atoms with van der Waals surface area (Å²) in [4.78, 5) is 24.2. The van der Waals surface area contributed by atoms with Gasteiger partial charge in [0.25, 0.3) is 0 Å². The number of carboxylic acids is 1. The zero-order chi connectivity index (χ0) is 12.4. The Bertz CT molecular complexity index is 456. The predicted molar refractivity (Wildman–Crippen MR) is 62.6 cm³/mol. The summed E-state index contributed by atoms with van der Waals surface area (Å²) in [7, 11) is 0. The number of amides is 1. The molecule has 1 aliphatic rings. The standard InChI is InChI=1S/C13H15NO3/c1-9-5-12(15)14(7-9)8-10-3-2-4-11(6-10)13(16)17/h2-4,6,9H,5,7-8H2,1H3,(H,16,17). The summed E-state index contributed by atoms with van der Waals surface area (Å²) in [5, 5.41) is 8.88. The van der Waals surface area contributed by atoms with Gasteiger partial charge < -0.3 is 10.0 Å². The van der Waals surface area contributed by atoms with Crippen molar-refractivity contribution in [3.63, 3.8) is 0 Å². The monoisotopic (exact) mass is 233 g/mol. The number of rotatable bonds is 3. The Morgan fingerprint density at radius 2 is 2.29 bits per heavy atom. The molecule has 1 aromatic rings. The molecule has 1 amide bonds. The SMILES string of the molecule is CC1CC(=O)N(Cc2cccc(C(=O)O)c2)C1. The van der Waals surface area contributed by atoms with Gasteiger partial charge in [-0.05, 0) is 23.6 Å². The molecule has 0 spiro atoms. The molecule has 17 heavy (non-hydrogen) atoms. The van der Waals surface area contributed by atoms with Gasteiger partial charge in [-0.1, -0.05) is 19.1 Å². The van der Waals surface area contributed by atoms with E-state index >= 15 is 0 Å². The quantitative estimate of drug-likeness (QED) is 0.865. The van der Waals surface area contributed by atoms with E-state index in [1.165, 1.54) is 0 Å². The lowest BCUT2D eigenvalue weighted by atomic mass is 10.1. The molecule has 1 unspecified atom stereocenters. The van der Waals surface area contributed by atoms with Crippen molar-refractivity contribution >= 4 is 11.9 Å². The topological polar surface area (TPSA) is 57.6 Å². The average Bonchev–Trinajstić information content (AvgIpc) is 2.58. The summed E-state index contributed by atoms with van der Waals surface area (Å²) in [6.07, 6.45) is 0.596. The van der Waals surface area contributed by atoms with Gasteiger partial charge in [-0.15, -0.1) is 0 Å². The fourth-order valence-electron chi connectivity index (χ4n) is 2.15. The second kappa shape index (κ2) is 4.57. The number of likely N-dealkylation sites (tertiary alicyclic amines) is 1. The minimum absolute atomic E-state index is 0.151. The molecule has 2 rings (SSSR count). The van der Waals surface area contributed by atoms with Crippen LogP contribution in [-0.4, -0.2) is 28.4 Å². The maximum Gasteiger partial charge on any atom is 0.335 e. The molecule has 1 fully saturated rings. The number of carbonyl (C=O) groups excluding carboxylic acids is 1. The van der Waals surface area contributed by atoms with E-state index in [9.17, 15) is 9.59 Å². The van der Waals surface area contributed by atoms with Crippen molar-refractivity contribution in [2.24, 2.45) is 5.92 Å². The van der Waals surface area contributed by atoms with Gasteiger partial charge in [0, 0.05) is 19.5 Å². The van der Waals surface area contributed by atoms with Crippen LogP contribution in [0, 0.1) is 5.92 Å². The van der Waals surface area contributed by atoms with Crippen LogP contribution in [0.25, 0.3) is 0 Å². The van der Waals surface area contributed by atoms with Crippen LogP contribution in [0.4, 0.5) is 0 Å². The smallest absolute Gasteiger partial charge is 0.335 e. The maximum atomic E-state index is 11.6. The number of aromatic carboxylic acids is 1. The lowest BCUT2D eigenvalue weighted by Gasteiger charge is -2.16. The first kappa shape index (κ1) is 11.6. The Kier molecular flexibility index (Phi) is 3.13. The van der Waals surface area contributed by atoms with Crippen molar-refractivity contribution in [3.8, 4) is 0 Å². The Labute approximate surface area is 99.9 Å². The first-order valence-corrected chi connectivity index (χ1v) is 5.66. The van der Waals surface area contributed by atoms with Crippen molar-refractivity contribution in [1.82, 2.24) is 4.90 Å². The summed E-state index contributed by atoms with van der Waals surface area (Å²) in [5.41, 5.74) is 1.13. The van der Waals surface area contributed by atoms with Crippen LogP contribution in [0.3, 0.4) is 0 Å². The van der Waals surface area contributed by atoms with Crippen molar-refractivity contribution in [2.45, 2.75) is 19.9 Å². The first-order chi connectivity index (χ1) is 8.06. The van der Waals surface area contributed by atoms with Crippen molar-refractivity contribution in [2.75, 3.05) is 6.54 Å². The summed E-state index contributed by atoms with van der Waals surface area (Å²) < 4.78 is 0. The van der Waals surface area contributed by atoms with Crippen molar-refractivity contribution in [3.05, 3.63) is 35.4 Å². The van der Waals surface area contributed by atoms with Crippen LogP contribution < -0.4 is 0 Å². The summed E-state index contributed by atoms with van der Waals surface area (Å²) in [6.45, 7) is 3.31.